The average molecular weight is 516 g/mol. The minimum absolute atomic E-state index is 0.266. The fourth-order valence-corrected chi connectivity index (χ4v) is 4.85. The molecule has 10 heteroatoms. The van der Waals surface area contributed by atoms with Gasteiger partial charge in [0.05, 0.1) is 21.1 Å². The molecule has 0 unspecified atom stereocenters. The van der Waals surface area contributed by atoms with Crippen LogP contribution in [0.25, 0.3) is 28.0 Å². The molecule has 2 N–H and O–H groups in total. The summed E-state index contributed by atoms with van der Waals surface area (Å²) in [5.41, 5.74) is 4.60. The van der Waals surface area contributed by atoms with E-state index in [1.54, 1.807) is 36.5 Å². The van der Waals surface area contributed by atoms with Gasteiger partial charge >= 0.3 is 0 Å². The number of halogens is 2. The van der Waals surface area contributed by atoms with Gasteiger partial charge in [0.25, 0.3) is 5.56 Å². The van der Waals surface area contributed by atoms with Crippen LogP contribution < -0.4 is 16.2 Å². The predicted octanol–water partition coefficient (Wildman–Crippen LogP) is 4.93. The maximum atomic E-state index is 13.5. The van der Waals surface area contributed by atoms with Crippen molar-refractivity contribution in [1.29, 1.82) is 0 Å². The van der Waals surface area contributed by atoms with Gasteiger partial charge in [0.2, 0.25) is 5.95 Å². The third-order valence-corrected chi connectivity index (χ3v) is 6.65. The minimum atomic E-state index is -0.439. The van der Waals surface area contributed by atoms with Gasteiger partial charge in [-0.1, -0.05) is 41.4 Å². The number of pyridine rings is 1. The van der Waals surface area contributed by atoms with E-state index in [0.717, 1.165) is 25.2 Å². The third kappa shape index (κ3) is 4.09. The normalized spacial score (nSPS) is 12.9. The Morgan fingerprint density at radius 2 is 1.83 bits per heavy atom. The van der Waals surface area contributed by atoms with Crippen molar-refractivity contribution in [3.8, 4) is 17.1 Å². The van der Waals surface area contributed by atoms with Crippen LogP contribution >= 0.6 is 23.2 Å². The zero-order valence-corrected chi connectivity index (χ0v) is 20.4. The first kappa shape index (κ1) is 22.6. The molecule has 0 radical (unpaired) electrons. The number of hydrogen-bond acceptors (Lipinski definition) is 7. The topological polar surface area (TPSA) is 97.6 Å². The van der Waals surface area contributed by atoms with E-state index in [9.17, 15) is 4.79 Å². The largest absolute Gasteiger partial charge is 0.324 e. The summed E-state index contributed by atoms with van der Waals surface area (Å²) in [6, 6.07) is 16.7. The Morgan fingerprint density at radius 1 is 0.972 bits per heavy atom. The van der Waals surface area contributed by atoms with Crippen LogP contribution in [0.5, 0.6) is 0 Å². The summed E-state index contributed by atoms with van der Waals surface area (Å²) < 4.78 is 1.18. The number of anilines is 2. The molecule has 0 atom stereocenters. The molecule has 0 aliphatic carbocycles. The molecule has 0 saturated heterocycles. The second kappa shape index (κ2) is 9.31. The van der Waals surface area contributed by atoms with Crippen molar-refractivity contribution in [3.05, 3.63) is 98.5 Å². The van der Waals surface area contributed by atoms with Crippen molar-refractivity contribution < 1.29 is 0 Å². The van der Waals surface area contributed by atoms with Crippen LogP contribution in [-0.4, -0.2) is 31.3 Å². The zero-order chi connectivity index (χ0) is 24.6. The molecule has 3 aromatic heterocycles. The molecule has 178 valence electrons. The number of rotatable bonds is 4. The number of fused-ring (bicyclic) bond motifs is 2. The van der Waals surface area contributed by atoms with Gasteiger partial charge in [0.15, 0.2) is 0 Å². The molecule has 0 bridgehead atoms. The molecular weight excluding hydrogens is 497 g/mol. The van der Waals surface area contributed by atoms with Crippen LogP contribution in [0.1, 0.15) is 11.1 Å². The third-order valence-electron chi connectivity index (χ3n) is 6.04. The summed E-state index contributed by atoms with van der Waals surface area (Å²) >= 11 is 12.8. The minimum Gasteiger partial charge on any atom is -0.324 e. The summed E-state index contributed by atoms with van der Waals surface area (Å²) in [5, 5.41) is 12.1. The van der Waals surface area contributed by atoms with Crippen molar-refractivity contribution in [1.82, 2.24) is 30.0 Å². The molecule has 4 heterocycles. The highest BCUT2D eigenvalue weighted by molar-refractivity contribution is 6.37. The molecule has 1 aliphatic heterocycles. The Balaban J connectivity index is 1.52. The van der Waals surface area contributed by atoms with Gasteiger partial charge in [-0.15, -0.1) is 0 Å². The molecule has 8 nitrogen and oxygen atoms in total. The smallest absolute Gasteiger partial charge is 0.282 e. The van der Waals surface area contributed by atoms with E-state index in [-0.39, 0.29) is 11.1 Å². The summed E-state index contributed by atoms with van der Waals surface area (Å²) in [4.78, 5) is 27.0. The molecule has 36 heavy (non-hydrogen) atoms. The van der Waals surface area contributed by atoms with E-state index in [2.05, 4.69) is 42.8 Å². The van der Waals surface area contributed by atoms with E-state index in [0.29, 0.717) is 32.9 Å². The maximum Gasteiger partial charge on any atom is 0.282 e. The number of hydrogen-bond donors (Lipinski definition) is 2. The lowest BCUT2D eigenvalue weighted by Crippen LogP contribution is -2.24. The molecule has 0 fully saturated rings. The Hall–Kier alpha value is -3.85. The number of nitrogens with one attached hydrogen (secondary N) is 2. The summed E-state index contributed by atoms with van der Waals surface area (Å²) in [6.45, 7) is 1.80. The maximum absolute atomic E-state index is 13.5. The second-order valence-corrected chi connectivity index (χ2v) is 9.16. The highest BCUT2D eigenvalue weighted by Crippen LogP contribution is 2.30. The Kier molecular flexibility index (Phi) is 5.85. The van der Waals surface area contributed by atoms with Crippen molar-refractivity contribution in [2.75, 3.05) is 11.9 Å². The summed E-state index contributed by atoms with van der Waals surface area (Å²) in [6.07, 6.45) is 4.15. The monoisotopic (exact) mass is 515 g/mol. The number of benzene rings is 2. The van der Waals surface area contributed by atoms with E-state index < -0.39 is 5.56 Å². The van der Waals surface area contributed by atoms with Crippen molar-refractivity contribution in [2.24, 2.45) is 0 Å². The second-order valence-electron chi connectivity index (χ2n) is 8.34. The molecule has 2 aromatic carbocycles. The van der Waals surface area contributed by atoms with Gasteiger partial charge in [-0.2, -0.15) is 9.78 Å². The fraction of sp³-hybridized carbons (Fsp3) is 0.115. The van der Waals surface area contributed by atoms with Gasteiger partial charge in [0, 0.05) is 24.6 Å². The number of para-hydroxylation sites is 1. The highest BCUT2D eigenvalue weighted by Gasteiger charge is 2.20. The Morgan fingerprint density at radius 3 is 2.64 bits per heavy atom. The number of aromatic nitrogens is 5. The van der Waals surface area contributed by atoms with Gasteiger partial charge in [-0.3, -0.25) is 9.78 Å². The molecule has 0 saturated carbocycles. The first-order valence-electron chi connectivity index (χ1n) is 11.3. The van der Waals surface area contributed by atoms with Crippen molar-refractivity contribution >= 4 is 45.7 Å². The predicted molar refractivity (Wildman–Crippen MR) is 141 cm³/mol. The van der Waals surface area contributed by atoms with E-state index in [4.69, 9.17) is 23.2 Å². The molecule has 0 amide bonds. The molecule has 0 spiro atoms. The van der Waals surface area contributed by atoms with Gasteiger partial charge < -0.3 is 10.6 Å². The van der Waals surface area contributed by atoms with Gasteiger partial charge in [-0.25, -0.2) is 9.97 Å². The Bertz CT molecular complexity index is 1650. The SMILES string of the molecule is O=c1c2cnc(Nc3ccc4c(c3)CNCC4)nc2c(-c2ccccn2)nn1-c1c(Cl)cccc1Cl. The molecule has 6 rings (SSSR count). The van der Waals surface area contributed by atoms with Crippen molar-refractivity contribution in [2.45, 2.75) is 13.0 Å². The fourth-order valence-electron chi connectivity index (χ4n) is 4.29. The summed E-state index contributed by atoms with van der Waals surface area (Å²) in [5.74, 6) is 0.345. The standard InChI is InChI=1S/C26H19Cl2N7O/c27-19-4-3-5-20(28)24(19)35-25(36)18-14-31-26(32-17-8-7-15-9-11-29-13-16(15)12-17)33-22(18)23(34-35)21-6-1-2-10-30-21/h1-8,10,12,14,29H,9,11,13H2,(H,31,32,33). The lowest BCUT2D eigenvalue weighted by Gasteiger charge is -2.18. The lowest BCUT2D eigenvalue weighted by molar-refractivity contribution is 0.644. The number of nitrogens with zero attached hydrogens (tertiary/aromatic N) is 5. The van der Waals surface area contributed by atoms with Crippen LogP contribution in [-0.2, 0) is 13.0 Å². The van der Waals surface area contributed by atoms with Crippen LogP contribution in [0.3, 0.4) is 0 Å². The molecule has 5 aromatic rings. The van der Waals surface area contributed by atoms with Crippen LogP contribution in [0.4, 0.5) is 11.6 Å². The van der Waals surface area contributed by atoms with Crippen LogP contribution in [0.15, 0.2) is 71.8 Å². The quantitative estimate of drug-likeness (QED) is 0.350. The first-order valence-corrected chi connectivity index (χ1v) is 12.1. The molecule has 1 aliphatic rings. The van der Waals surface area contributed by atoms with E-state index in [1.165, 1.54) is 22.0 Å². The van der Waals surface area contributed by atoms with Gasteiger partial charge in [-0.05, 0) is 60.5 Å². The zero-order valence-electron chi connectivity index (χ0n) is 18.9. The Labute approximate surface area is 216 Å². The lowest BCUT2D eigenvalue weighted by atomic mass is 10.0. The summed E-state index contributed by atoms with van der Waals surface area (Å²) in [7, 11) is 0. The first-order chi connectivity index (χ1) is 17.6. The van der Waals surface area contributed by atoms with Crippen LogP contribution in [0, 0.1) is 0 Å². The average Bonchev–Trinajstić information content (AvgIpc) is 2.90. The van der Waals surface area contributed by atoms with Crippen molar-refractivity contribution in [3.63, 3.8) is 0 Å². The van der Waals surface area contributed by atoms with E-state index in [1.807, 2.05) is 12.1 Å². The molecular formula is C26H19Cl2N7O. The highest BCUT2D eigenvalue weighted by atomic mass is 35.5. The van der Waals surface area contributed by atoms with Crippen LogP contribution in [0.2, 0.25) is 10.0 Å². The van der Waals surface area contributed by atoms with Gasteiger partial charge in [0.1, 0.15) is 16.9 Å². The van der Waals surface area contributed by atoms with E-state index >= 15 is 0 Å².